The van der Waals surface area contributed by atoms with Crippen LogP contribution in [0.1, 0.15) is 18.0 Å². The van der Waals surface area contributed by atoms with Crippen LogP contribution in [0.15, 0.2) is 76.4 Å². The molecule has 0 aliphatic rings. The molecule has 1 atom stereocenters. The molecule has 0 bridgehead atoms. The van der Waals surface area contributed by atoms with Crippen LogP contribution in [0, 0.1) is 0 Å². The fourth-order valence-electron chi connectivity index (χ4n) is 2.80. The van der Waals surface area contributed by atoms with Crippen molar-refractivity contribution in [3.05, 3.63) is 82.9 Å². The van der Waals surface area contributed by atoms with E-state index in [-0.39, 0.29) is 10.8 Å². The minimum absolute atomic E-state index is 0.0588. The van der Waals surface area contributed by atoms with Crippen molar-refractivity contribution in [3.63, 3.8) is 0 Å². The summed E-state index contributed by atoms with van der Waals surface area (Å²) in [5, 5.41) is 3.13. The molecule has 3 aromatic carbocycles. The number of thioether (sulfide) groups is 1. The van der Waals surface area contributed by atoms with E-state index in [0.29, 0.717) is 11.2 Å². The van der Waals surface area contributed by atoms with Gasteiger partial charge in [0.2, 0.25) is 0 Å². The van der Waals surface area contributed by atoms with E-state index in [1.165, 1.54) is 10.8 Å². The average molecular weight is 332 g/mol. The van der Waals surface area contributed by atoms with Crippen LogP contribution >= 0.6 is 11.8 Å². The summed E-state index contributed by atoms with van der Waals surface area (Å²) in [5.41, 5.74) is 0.656. The number of H-pyrrole nitrogens is 1. The molecule has 0 saturated heterocycles. The summed E-state index contributed by atoms with van der Waals surface area (Å²) in [4.78, 5) is 20.9. The monoisotopic (exact) mass is 332 g/mol. The molecular formula is C20H16N2OS. The number of rotatable bonds is 3. The number of fused-ring (bicyclic) bond motifs is 2. The Morgan fingerprint density at radius 3 is 2.58 bits per heavy atom. The third kappa shape index (κ3) is 2.81. The molecular weight excluding hydrogens is 316 g/mol. The van der Waals surface area contributed by atoms with E-state index < -0.39 is 0 Å². The molecule has 0 aliphatic heterocycles. The van der Waals surface area contributed by atoms with Crippen LogP contribution in [0.2, 0.25) is 0 Å². The van der Waals surface area contributed by atoms with E-state index >= 15 is 0 Å². The smallest absolute Gasteiger partial charge is 0.258 e. The molecule has 1 aromatic heterocycles. The predicted molar refractivity (Wildman–Crippen MR) is 101 cm³/mol. The molecule has 0 spiro atoms. The third-order valence-corrected chi connectivity index (χ3v) is 5.15. The van der Waals surface area contributed by atoms with Crippen molar-refractivity contribution in [1.29, 1.82) is 0 Å². The highest BCUT2D eigenvalue weighted by Crippen LogP contribution is 2.34. The van der Waals surface area contributed by atoms with E-state index in [9.17, 15) is 4.79 Å². The maximum atomic E-state index is 12.2. The molecule has 0 aliphatic carbocycles. The van der Waals surface area contributed by atoms with Gasteiger partial charge >= 0.3 is 0 Å². The standard InChI is InChI=1S/C20H16N2OS/c1-13(19-21-18-9-5-4-8-17(18)20(23)22-19)24-16-11-10-14-6-2-3-7-15(14)12-16/h2-13H,1H3,(H,21,22,23)/t13-/m0/s1. The fraction of sp³-hybridized carbons (Fsp3) is 0.100. The molecule has 1 N–H and O–H groups in total. The summed E-state index contributed by atoms with van der Waals surface area (Å²) in [7, 11) is 0. The Balaban J connectivity index is 1.67. The van der Waals surface area contributed by atoms with Gasteiger partial charge in [0.05, 0.1) is 16.2 Å². The van der Waals surface area contributed by atoms with Gasteiger partial charge in [-0.2, -0.15) is 0 Å². The van der Waals surface area contributed by atoms with Crippen molar-refractivity contribution in [1.82, 2.24) is 9.97 Å². The van der Waals surface area contributed by atoms with E-state index in [0.717, 1.165) is 10.4 Å². The second-order valence-corrected chi connectivity index (χ2v) is 7.15. The van der Waals surface area contributed by atoms with Gasteiger partial charge in [-0.25, -0.2) is 4.98 Å². The lowest BCUT2D eigenvalue weighted by atomic mass is 10.1. The van der Waals surface area contributed by atoms with E-state index in [1.54, 1.807) is 17.8 Å². The molecule has 4 rings (SSSR count). The Kier molecular flexibility index (Phi) is 3.82. The van der Waals surface area contributed by atoms with E-state index in [4.69, 9.17) is 0 Å². The summed E-state index contributed by atoms with van der Waals surface area (Å²) in [5.74, 6) is 0.705. The van der Waals surface area contributed by atoms with Gasteiger partial charge in [-0.1, -0.05) is 42.5 Å². The summed E-state index contributed by atoms with van der Waals surface area (Å²) in [6.07, 6.45) is 0. The molecule has 3 nitrogen and oxygen atoms in total. The second kappa shape index (κ2) is 6.13. The van der Waals surface area contributed by atoms with E-state index in [1.807, 2.05) is 30.3 Å². The van der Waals surface area contributed by atoms with Crippen LogP contribution in [0.25, 0.3) is 21.7 Å². The zero-order chi connectivity index (χ0) is 16.5. The van der Waals surface area contributed by atoms with Gasteiger partial charge in [0.1, 0.15) is 5.82 Å². The van der Waals surface area contributed by atoms with Gasteiger partial charge in [0.25, 0.3) is 5.56 Å². The van der Waals surface area contributed by atoms with E-state index in [2.05, 4.69) is 47.2 Å². The SMILES string of the molecule is C[C@H](Sc1ccc2ccccc2c1)c1nc2ccccc2c(=O)[nH]1. The Hall–Kier alpha value is -2.59. The Morgan fingerprint density at radius 2 is 1.71 bits per heavy atom. The highest BCUT2D eigenvalue weighted by atomic mass is 32.2. The van der Waals surface area contributed by atoms with Gasteiger partial charge in [-0.15, -0.1) is 11.8 Å². The van der Waals surface area contributed by atoms with Crippen LogP contribution < -0.4 is 5.56 Å². The quantitative estimate of drug-likeness (QED) is 0.541. The number of hydrogen-bond acceptors (Lipinski definition) is 3. The van der Waals surface area contributed by atoms with Crippen LogP contribution in [0.4, 0.5) is 0 Å². The largest absolute Gasteiger partial charge is 0.309 e. The first-order valence-electron chi connectivity index (χ1n) is 7.85. The number of nitrogens with zero attached hydrogens (tertiary/aromatic N) is 1. The molecule has 24 heavy (non-hydrogen) atoms. The van der Waals surface area contributed by atoms with Gasteiger partial charge in [-0.3, -0.25) is 4.79 Å². The number of aromatic amines is 1. The van der Waals surface area contributed by atoms with Crippen molar-refractivity contribution >= 4 is 33.4 Å². The molecule has 118 valence electrons. The van der Waals surface area contributed by atoms with Crippen molar-refractivity contribution in [3.8, 4) is 0 Å². The maximum absolute atomic E-state index is 12.2. The van der Waals surface area contributed by atoms with Crippen molar-refractivity contribution in [2.24, 2.45) is 0 Å². The van der Waals surface area contributed by atoms with Gasteiger partial charge in [0.15, 0.2) is 0 Å². The summed E-state index contributed by atoms with van der Waals surface area (Å²) in [6.45, 7) is 2.06. The first-order valence-corrected chi connectivity index (χ1v) is 8.73. The Morgan fingerprint density at radius 1 is 0.958 bits per heavy atom. The molecule has 0 fully saturated rings. The lowest BCUT2D eigenvalue weighted by Crippen LogP contribution is -2.12. The average Bonchev–Trinajstić information content (AvgIpc) is 2.61. The van der Waals surface area contributed by atoms with Crippen LogP contribution in [-0.2, 0) is 0 Å². The van der Waals surface area contributed by atoms with Gasteiger partial charge < -0.3 is 4.98 Å². The lowest BCUT2D eigenvalue weighted by molar-refractivity contribution is 0.923. The Labute approximate surface area is 143 Å². The van der Waals surface area contributed by atoms with Gasteiger partial charge in [0, 0.05) is 4.90 Å². The Bertz CT molecular complexity index is 1090. The topological polar surface area (TPSA) is 45.8 Å². The molecule has 1 heterocycles. The first kappa shape index (κ1) is 15.0. The van der Waals surface area contributed by atoms with Crippen LogP contribution in [0.5, 0.6) is 0 Å². The van der Waals surface area contributed by atoms with Crippen LogP contribution in [0.3, 0.4) is 0 Å². The third-order valence-electron chi connectivity index (χ3n) is 4.05. The first-order chi connectivity index (χ1) is 11.7. The van der Waals surface area contributed by atoms with Gasteiger partial charge in [-0.05, 0) is 42.0 Å². The normalized spacial score (nSPS) is 12.5. The number of benzene rings is 3. The number of hydrogen-bond donors (Lipinski definition) is 1. The molecule has 0 unspecified atom stereocenters. The minimum Gasteiger partial charge on any atom is -0.309 e. The molecule has 0 radical (unpaired) electrons. The van der Waals surface area contributed by atoms with Crippen molar-refractivity contribution in [2.45, 2.75) is 17.1 Å². The van der Waals surface area contributed by atoms with Crippen LogP contribution in [-0.4, -0.2) is 9.97 Å². The minimum atomic E-state index is -0.0819. The predicted octanol–water partition coefficient (Wildman–Crippen LogP) is 4.93. The number of para-hydroxylation sites is 1. The molecule has 0 amide bonds. The number of nitrogens with one attached hydrogen (secondary N) is 1. The lowest BCUT2D eigenvalue weighted by Gasteiger charge is -2.12. The molecule has 4 aromatic rings. The summed E-state index contributed by atoms with van der Waals surface area (Å²) in [6, 6.07) is 22.2. The highest BCUT2D eigenvalue weighted by Gasteiger charge is 2.12. The maximum Gasteiger partial charge on any atom is 0.258 e. The fourth-order valence-corrected chi connectivity index (χ4v) is 3.77. The zero-order valence-electron chi connectivity index (χ0n) is 13.2. The van der Waals surface area contributed by atoms with Crippen molar-refractivity contribution in [2.75, 3.05) is 0 Å². The zero-order valence-corrected chi connectivity index (χ0v) is 14.0. The van der Waals surface area contributed by atoms with Crippen molar-refractivity contribution < 1.29 is 0 Å². The highest BCUT2D eigenvalue weighted by molar-refractivity contribution is 7.99. The summed E-state index contributed by atoms with van der Waals surface area (Å²) < 4.78 is 0. The summed E-state index contributed by atoms with van der Waals surface area (Å²) >= 11 is 1.70. The second-order valence-electron chi connectivity index (χ2n) is 5.74. The molecule has 4 heteroatoms. The molecule has 0 saturated carbocycles. The number of aromatic nitrogens is 2.